The Morgan fingerprint density at radius 1 is 1.13 bits per heavy atom. The normalized spacial score (nSPS) is 16.7. The molecule has 3 heterocycles. The number of benzene rings is 2. The highest BCUT2D eigenvalue weighted by molar-refractivity contribution is 7.80. The molecule has 5 rings (SSSR count). The summed E-state index contributed by atoms with van der Waals surface area (Å²) in [6.07, 6.45) is 1.72. The molecule has 10 heteroatoms. The first kappa shape index (κ1) is 26.1. The molecule has 2 aromatic heterocycles. The van der Waals surface area contributed by atoms with E-state index < -0.39 is 12.0 Å². The van der Waals surface area contributed by atoms with Gasteiger partial charge in [0.2, 0.25) is 5.91 Å². The molecule has 2 aromatic carbocycles. The molecule has 0 radical (unpaired) electrons. The van der Waals surface area contributed by atoms with E-state index in [4.69, 9.17) is 21.4 Å². The van der Waals surface area contributed by atoms with Gasteiger partial charge in [0.1, 0.15) is 24.2 Å². The number of aryl methyl sites for hydroxylation is 1. The van der Waals surface area contributed by atoms with Crippen LogP contribution in [-0.2, 0) is 9.53 Å². The highest BCUT2D eigenvalue weighted by Crippen LogP contribution is 2.43. The van der Waals surface area contributed by atoms with Gasteiger partial charge in [0.15, 0.2) is 5.11 Å². The summed E-state index contributed by atoms with van der Waals surface area (Å²) >= 11 is 5.79. The van der Waals surface area contributed by atoms with Crippen molar-refractivity contribution in [3.8, 4) is 11.3 Å². The molecule has 1 aliphatic heterocycles. The number of furan rings is 1. The Hall–Kier alpha value is -4.54. The smallest absolute Gasteiger partial charge is 0.336 e. The lowest BCUT2D eigenvalue weighted by molar-refractivity contribution is -0.119. The van der Waals surface area contributed by atoms with Gasteiger partial charge < -0.3 is 29.8 Å². The van der Waals surface area contributed by atoms with Crippen molar-refractivity contribution in [2.75, 3.05) is 23.9 Å². The minimum absolute atomic E-state index is 0.0407. The number of thiocarbonyl (C=S) groups is 1. The molecule has 0 unspecified atom stereocenters. The number of carboxylic acid groups (broad SMARTS) is 1. The van der Waals surface area contributed by atoms with E-state index in [0.29, 0.717) is 27.9 Å². The molecule has 3 N–H and O–H groups in total. The number of carbonyl (C=O) groups excluding carboxylic acids is 1. The van der Waals surface area contributed by atoms with Crippen molar-refractivity contribution in [3.63, 3.8) is 0 Å². The molecule has 0 bridgehead atoms. The molecule has 9 nitrogen and oxygen atoms in total. The van der Waals surface area contributed by atoms with Crippen molar-refractivity contribution in [1.82, 2.24) is 10.3 Å². The molecular formula is C29H26N4O5S. The summed E-state index contributed by atoms with van der Waals surface area (Å²) in [5.41, 5.74) is 3.71. The van der Waals surface area contributed by atoms with Gasteiger partial charge in [0.05, 0.1) is 17.3 Å². The average molecular weight is 543 g/mol. The van der Waals surface area contributed by atoms with Crippen molar-refractivity contribution in [2.24, 2.45) is 0 Å². The van der Waals surface area contributed by atoms with Gasteiger partial charge in [-0.3, -0.25) is 9.78 Å². The zero-order valence-electron chi connectivity index (χ0n) is 21.3. The molecular weight excluding hydrogens is 516 g/mol. The van der Waals surface area contributed by atoms with Gasteiger partial charge in [-0.2, -0.15) is 0 Å². The van der Waals surface area contributed by atoms with Crippen LogP contribution in [0, 0.1) is 6.92 Å². The highest BCUT2D eigenvalue weighted by atomic mass is 32.1. The number of aromatic carboxylic acids is 1. The average Bonchev–Trinajstić information content (AvgIpc) is 3.55. The number of nitrogens with one attached hydrogen (secondary N) is 2. The largest absolute Gasteiger partial charge is 0.478 e. The summed E-state index contributed by atoms with van der Waals surface area (Å²) in [4.78, 5) is 30.4. The van der Waals surface area contributed by atoms with Crippen LogP contribution in [0.4, 0.5) is 11.4 Å². The Bertz CT molecular complexity index is 1540. The summed E-state index contributed by atoms with van der Waals surface area (Å²) in [5, 5.41) is 16.4. The number of amides is 1. The van der Waals surface area contributed by atoms with Crippen LogP contribution in [0.1, 0.15) is 39.5 Å². The van der Waals surface area contributed by atoms with Gasteiger partial charge in [0, 0.05) is 30.2 Å². The minimum Gasteiger partial charge on any atom is -0.478 e. The van der Waals surface area contributed by atoms with Crippen molar-refractivity contribution in [2.45, 2.75) is 19.0 Å². The topological polar surface area (TPSA) is 117 Å². The lowest BCUT2D eigenvalue weighted by Crippen LogP contribution is -2.29. The van der Waals surface area contributed by atoms with Crippen molar-refractivity contribution in [1.29, 1.82) is 0 Å². The Balaban J connectivity index is 1.56. The van der Waals surface area contributed by atoms with Gasteiger partial charge in [-0.05, 0) is 73.2 Å². The number of rotatable bonds is 8. The van der Waals surface area contributed by atoms with Gasteiger partial charge in [-0.1, -0.05) is 24.3 Å². The SMILES string of the molecule is COCC(=O)Nc1ccc(N2C(=S)N[C@H](c3ccccn3)[C@@H]2c2ccc(-c3ccccc3C(=O)O)o2)cc1C. The predicted octanol–water partition coefficient (Wildman–Crippen LogP) is 5.11. The number of carboxylic acids is 1. The number of methoxy groups -OCH3 is 1. The summed E-state index contributed by atoms with van der Waals surface area (Å²) in [7, 11) is 1.47. The molecule has 1 saturated heterocycles. The highest BCUT2D eigenvalue weighted by Gasteiger charge is 2.42. The molecule has 4 aromatic rings. The Morgan fingerprint density at radius 2 is 1.92 bits per heavy atom. The van der Waals surface area contributed by atoms with E-state index in [1.165, 1.54) is 7.11 Å². The standard InChI is InChI=1S/C29H26N4O5S/c1-17-15-18(10-11-21(17)31-25(34)16-37-2)33-27(26(32-29(33)39)22-9-5-6-14-30-22)24-13-12-23(38-24)19-7-3-4-8-20(19)28(35)36/h3-15,26-27H,16H2,1-2H3,(H,31,34)(H,32,39)(H,35,36)/t26-,27+/m1/s1. The number of hydrogen-bond acceptors (Lipinski definition) is 6. The first-order valence-electron chi connectivity index (χ1n) is 12.2. The number of ether oxygens (including phenoxy) is 1. The molecule has 2 atom stereocenters. The van der Waals surface area contributed by atoms with Crippen LogP contribution in [0.25, 0.3) is 11.3 Å². The van der Waals surface area contributed by atoms with Gasteiger partial charge in [-0.25, -0.2) is 4.79 Å². The zero-order valence-corrected chi connectivity index (χ0v) is 22.1. The van der Waals surface area contributed by atoms with Crippen LogP contribution in [0.15, 0.2) is 83.4 Å². The summed E-state index contributed by atoms with van der Waals surface area (Å²) < 4.78 is 11.2. The Morgan fingerprint density at radius 3 is 2.64 bits per heavy atom. The molecule has 0 saturated carbocycles. The number of aromatic nitrogens is 1. The van der Waals surface area contributed by atoms with Gasteiger partial charge in [-0.15, -0.1) is 0 Å². The quantitative estimate of drug-likeness (QED) is 0.261. The first-order valence-corrected chi connectivity index (χ1v) is 12.6. The third-order valence-electron chi connectivity index (χ3n) is 6.48. The maximum absolute atomic E-state index is 12.0. The number of carbonyl (C=O) groups is 2. The first-order chi connectivity index (χ1) is 18.9. The van der Waals surface area contributed by atoms with Gasteiger partial charge in [0.25, 0.3) is 0 Å². The van der Waals surface area contributed by atoms with E-state index in [1.54, 1.807) is 36.5 Å². The Kier molecular flexibility index (Phi) is 7.40. The van der Waals surface area contributed by atoms with Crippen LogP contribution in [0.5, 0.6) is 0 Å². The summed E-state index contributed by atoms with van der Waals surface area (Å²) in [6.45, 7) is 1.86. The monoisotopic (exact) mass is 542 g/mol. The molecule has 0 spiro atoms. The van der Waals surface area contributed by atoms with E-state index in [1.807, 2.05) is 54.3 Å². The van der Waals surface area contributed by atoms with E-state index in [9.17, 15) is 14.7 Å². The van der Waals surface area contributed by atoms with Gasteiger partial charge >= 0.3 is 5.97 Å². The number of hydrogen-bond donors (Lipinski definition) is 3. The number of anilines is 2. The van der Waals surface area contributed by atoms with Crippen LogP contribution in [0.2, 0.25) is 0 Å². The molecule has 198 valence electrons. The minimum atomic E-state index is -1.03. The van der Waals surface area contributed by atoms with Crippen molar-refractivity contribution in [3.05, 3.63) is 102 Å². The van der Waals surface area contributed by atoms with E-state index in [2.05, 4.69) is 15.6 Å². The fraction of sp³-hybridized carbons (Fsp3) is 0.172. The summed E-state index contributed by atoms with van der Waals surface area (Å²) in [5.74, 6) is -0.255. The second-order valence-electron chi connectivity index (χ2n) is 9.03. The fourth-order valence-corrected chi connectivity index (χ4v) is 5.06. The van der Waals surface area contributed by atoms with Crippen LogP contribution >= 0.6 is 12.2 Å². The molecule has 1 aliphatic rings. The molecule has 0 aliphatic carbocycles. The lowest BCUT2D eigenvalue weighted by Gasteiger charge is -2.27. The predicted molar refractivity (Wildman–Crippen MR) is 151 cm³/mol. The van der Waals surface area contributed by atoms with Crippen LogP contribution < -0.4 is 15.5 Å². The van der Waals surface area contributed by atoms with Crippen LogP contribution in [0.3, 0.4) is 0 Å². The maximum Gasteiger partial charge on any atom is 0.336 e. The van der Waals surface area contributed by atoms with E-state index in [0.717, 1.165) is 16.9 Å². The zero-order chi connectivity index (χ0) is 27.5. The van der Waals surface area contributed by atoms with Crippen molar-refractivity contribution >= 4 is 40.6 Å². The third-order valence-corrected chi connectivity index (χ3v) is 6.79. The van der Waals surface area contributed by atoms with E-state index in [-0.39, 0.29) is 24.1 Å². The molecule has 39 heavy (non-hydrogen) atoms. The number of pyridine rings is 1. The third kappa shape index (κ3) is 5.25. The second-order valence-corrected chi connectivity index (χ2v) is 9.42. The summed E-state index contributed by atoms with van der Waals surface area (Å²) in [6, 6.07) is 20.9. The number of nitrogens with zero attached hydrogens (tertiary/aromatic N) is 2. The maximum atomic E-state index is 12.0. The van der Waals surface area contributed by atoms with Crippen LogP contribution in [-0.4, -0.2) is 40.8 Å². The molecule has 1 fully saturated rings. The lowest BCUT2D eigenvalue weighted by atomic mass is 10.0. The molecule has 1 amide bonds. The second kappa shape index (κ2) is 11.1. The fourth-order valence-electron chi connectivity index (χ4n) is 4.72. The van der Waals surface area contributed by atoms with E-state index >= 15 is 0 Å². The Labute approximate surface area is 230 Å². The van der Waals surface area contributed by atoms with Crippen molar-refractivity contribution < 1.29 is 23.8 Å².